The molecule has 0 nitrogen and oxygen atoms in total. The molecule has 0 spiro atoms. The lowest BCUT2D eigenvalue weighted by molar-refractivity contribution is 0.503. The highest BCUT2D eigenvalue weighted by Crippen LogP contribution is 2.32. The van der Waals surface area contributed by atoms with Crippen LogP contribution in [0.2, 0.25) is 0 Å². The molecule has 0 aliphatic heterocycles. The molecule has 2 atom stereocenters. The van der Waals surface area contributed by atoms with Crippen LogP contribution in [0.1, 0.15) is 69.9 Å². The van der Waals surface area contributed by atoms with Gasteiger partial charge in [-0.1, -0.05) is 94.0 Å². The predicted molar refractivity (Wildman–Crippen MR) is 147 cm³/mol. The topological polar surface area (TPSA) is 0 Å². The van der Waals surface area contributed by atoms with Crippen LogP contribution in [0.5, 0.6) is 0 Å². The van der Waals surface area contributed by atoms with E-state index in [4.69, 9.17) is 0 Å². The van der Waals surface area contributed by atoms with Crippen LogP contribution in [-0.2, 0) is 6.42 Å². The summed E-state index contributed by atoms with van der Waals surface area (Å²) >= 11 is 0. The number of allylic oxidation sites excluding steroid dienone is 3. The molecule has 0 radical (unpaired) electrons. The van der Waals surface area contributed by atoms with Crippen LogP contribution in [-0.4, -0.2) is 0 Å². The van der Waals surface area contributed by atoms with Gasteiger partial charge in [0, 0.05) is 11.1 Å². The molecule has 36 heavy (non-hydrogen) atoms. The Morgan fingerprint density at radius 3 is 2.08 bits per heavy atom. The van der Waals surface area contributed by atoms with Gasteiger partial charge in [-0.3, -0.25) is 0 Å². The Morgan fingerprint density at radius 1 is 0.806 bits per heavy atom. The van der Waals surface area contributed by atoms with Gasteiger partial charge in [-0.25, -0.2) is 13.2 Å². The van der Waals surface area contributed by atoms with Crippen LogP contribution >= 0.6 is 0 Å². The summed E-state index contributed by atoms with van der Waals surface area (Å²) in [7, 11) is 0. The van der Waals surface area contributed by atoms with Crippen LogP contribution in [0.4, 0.5) is 13.2 Å². The minimum Gasteiger partial charge on any atom is -0.206 e. The van der Waals surface area contributed by atoms with Crippen molar-refractivity contribution in [3.05, 3.63) is 108 Å². The summed E-state index contributed by atoms with van der Waals surface area (Å²) in [5.74, 6) is -1.19. The highest BCUT2D eigenvalue weighted by Gasteiger charge is 2.16. The fourth-order valence-corrected chi connectivity index (χ4v) is 4.49. The van der Waals surface area contributed by atoms with E-state index in [2.05, 4.69) is 27.4 Å². The lowest BCUT2D eigenvalue weighted by atomic mass is 9.89. The molecule has 3 aromatic rings. The molecule has 0 aromatic heterocycles. The fraction of sp³-hybridized carbons (Fsp3) is 0.333. The Morgan fingerprint density at radius 2 is 1.47 bits per heavy atom. The summed E-state index contributed by atoms with van der Waals surface area (Å²) < 4.78 is 44.5. The zero-order valence-corrected chi connectivity index (χ0v) is 21.7. The van der Waals surface area contributed by atoms with E-state index < -0.39 is 11.6 Å². The SMILES string of the molecule is C=CC(CC)CCC(C)c1ccc(-c2ccc(-c3ccc(C/C=C\CCC)c(F)c3F)cc2)c(F)c1. The molecule has 0 saturated heterocycles. The number of halogens is 3. The van der Waals surface area contributed by atoms with E-state index in [1.54, 1.807) is 42.5 Å². The Kier molecular flexibility index (Phi) is 10.2. The maximum atomic E-state index is 15.0. The van der Waals surface area contributed by atoms with Gasteiger partial charge in [-0.2, -0.15) is 0 Å². The van der Waals surface area contributed by atoms with E-state index in [1.165, 1.54) is 0 Å². The summed E-state index contributed by atoms with van der Waals surface area (Å²) in [5, 5.41) is 0. The Hall–Kier alpha value is -3.07. The molecule has 190 valence electrons. The van der Waals surface area contributed by atoms with Crippen molar-refractivity contribution in [1.82, 2.24) is 0 Å². The smallest absolute Gasteiger partial charge is 0.166 e. The van der Waals surface area contributed by atoms with Crippen molar-refractivity contribution >= 4 is 0 Å². The number of rotatable bonds is 12. The third-order valence-electron chi connectivity index (χ3n) is 7.02. The summed E-state index contributed by atoms with van der Waals surface area (Å²) in [5.41, 5.74) is 3.28. The van der Waals surface area contributed by atoms with Crippen molar-refractivity contribution < 1.29 is 13.2 Å². The minimum absolute atomic E-state index is 0.204. The Bertz CT molecular complexity index is 1170. The first-order valence-corrected chi connectivity index (χ1v) is 13.0. The first-order valence-electron chi connectivity index (χ1n) is 13.0. The van der Waals surface area contributed by atoms with Crippen LogP contribution in [0.15, 0.2) is 79.4 Å². The van der Waals surface area contributed by atoms with Gasteiger partial charge in [0.1, 0.15) is 5.82 Å². The molecule has 3 rings (SSSR count). The van der Waals surface area contributed by atoms with Crippen LogP contribution in [0, 0.1) is 23.4 Å². The molecular formula is C33H37F3. The van der Waals surface area contributed by atoms with Crippen molar-refractivity contribution in [3.63, 3.8) is 0 Å². The molecule has 0 aliphatic rings. The standard InChI is InChI=1S/C33H37F3/c1-5-8-9-10-11-27-18-21-30(33(36)32(27)35)26-16-14-25(15-17-26)29-20-19-28(22-31(29)34)23(4)12-13-24(6-2)7-3/h6,9-10,14-24H,2,5,7-8,11-13H2,1,3-4H3/b10-9-. The van der Waals surface area contributed by atoms with Gasteiger partial charge in [0.2, 0.25) is 0 Å². The fourth-order valence-electron chi connectivity index (χ4n) is 4.49. The molecule has 2 unspecified atom stereocenters. The van der Waals surface area contributed by atoms with Crippen molar-refractivity contribution in [2.45, 2.75) is 65.2 Å². The molecule has 0 fully saturated rings. The third-order valence-corrected chi connectivity index (χ3v) is 7.02. The summed E-state index contributed by atoms with van der Waals surface area (Å²) in [6.45, 7) is 10.2. The van der Waals surface area contributed by atoms with E-state index in [-0.39, 0.29) is 17.3 Å². The lowest BCUT2D eigenvalue weighted by Gasteiger charge is -2.16. The maximum Gasteiger partial charge on any atom is 0.166 e. The summed E-state index contributed by atoms with van der Waals surface area (Å²) in [4.78, 5) is 0. The van der Waals surface area contributed by atoms with Crippen LogP contribution < -0.4 is 0 Å². The molecule has 0 aliphatic carbocycles. The molecule has 0 bridgehead atoms. The van der Waals surface area contributed by atoms with Crippen molar-refractivity contribution in [2.24, 2.45) is 5.92 Å². The second kappa shape index (κ2) is 13.3. The minimum atomic E-state index is -0.851. The molecule has 0 heterocycles. The Labute approximate surface area is 214 Å². The largest absolute Gasteiger partial charge is 0.206 e. The summed E-state index contributed by atoms with van der Waals surface area (Å²) in [6, 6.07) is 15.6. The molecule has 0 N–H and O–H groups in total. The van der Waals surface area contributed by atoms with Gasteiger partial charge in [0.25, 0.3) is 0 Å². The van der Waals surface area contributed by atoms with Crippen LogP contribution in [0.25, 0.3) is 22.3 Å². The van der Waals surface area contributed by atoms with Crippen molar-refractivity contribution in [3.8, 4) is 22.3 Å². The molecular weight excluding hydrogens is 453 g/mol. The zero-order valence-electron chi connectivity index (χ0n) is 21.7. The Balaban J connectivity index is 1.75. The second-order valence-corrected chi connectivity index (χ2v) is 9.56. The van der Waals surface area contributed by atoms with Crippen LogP contribution in [0.3, 0.4) is 0 Å². The predicted octanol–water partition coefficient (Wildman–Crippen LogP) is 10.4. The van der Waals surface area contributed by atoms with Gasteiger partial charge in [0.15, 0.2) is 11.6 Å². The number of unbranched alkanes of at least 4 members (excludes halogenated alkanes) is 1. The van der Waals surface area contributed by atoms with Crippen molar-refractivity contribution in [2.75, 3.05) is 0 Å². The zero-order chi connectivity index (χ0) is 26.1. The number of hydrogen-bond donors (Lipinski definition) is 0. The van der Waals surface area contributed by atoms with E-state index in [0.29, 0.717) is 34.6 Å². The molecule has 3 aromatic carbocycles. The first kappa shape index (κ1) is 27.5. The normalized spacial score (nSPS) is 13.2. The average Bonchev–Trinajstić information content (AvgIpc) is 2.89. The van der Waals surface area contributed by atoms with Gasteiger partial charge in [-0.05, 0) is 72.3 Å². The maximum absolute atomic E-state index is 15.0. The molecule has 0 amide bonds. The number of hydrogen-bond acceptors (Lipinski definition) is 0. The average molecular weight is 491 g/mol. The van der Waals surface area contributed by atoms with E-state index >= 15 is 4.39 Å². The quantitative estimate of drug-likeness (QED) is 0.222. The highest BCUT2D eigenvalue weighted by molar-refractivity contribution is 5.71. The monoisotopic (exact) mass is 490 g/mol. The molecule has 0 saturated carbocycles. The number of benzene rings is 3. The van der Waals surface area contributed by atoms with E-state index in [1.807, 2.05) is 30.4 Å². The van der Waals surface area contributed by atoms with E-state index in [9.17, 15) is 8.78 Å². The van der Waals surface area contributed by atoms with E-state index in [0.717, 1.165) is 37.7 Å². The van der Waals surface area contributed by atoms with Gasteiger partial charge < -0.3 is 0 Å². The summed E-state index contributed by atoms with van der Waals surface area (Å²) in [6.07, 6.45) is 11.3. The van der Waals surface area contributed by atoms with Gasteiger partial charge >= 0.3 is 0 Å². The first-order chi connectivity index (χ1) is 17.4. The van der Waals surface area contributed by atoms with Crippen molar-refractivity contribution in [1.29, 1.82) is 0 Å². The second-order valence-electron chi connectivity index (χ2n) is 9.56. The third kappa shape index (κ3) is 6.78. The van der Waals surface area contributed by atoms with Gasteiger partial charge in [0.05, 0.1) is 0 Å². The lowest BCUT2D eigenvalue weighted by Crippen LogP contribution is -2.00. The van der Waals surface area contributed by atoms with Gasteiger partial charge in [-0.15, -0.1) is 6.58 Å². The highest BCUT2D eigenvalue weighted by atomic mass is 19.2. The molecule has 3 heteroatoms.